The van der Waals surface area contributed by atoms with Crippen molar-refractivity contribution in [3.05, 3.63) is 80.2 Å². The number of carbonyl (C=O) groups excluding carboxylic acids is 2. The first kappa shape index (κ1) is 36.3. The molecule has 0 radical (unpaired) electrons. The molecule has 0 spiro atoms. The number of quaternary nitrogens is 1. The zero-order chi connectivity index (χ0) is 35.0. The number of amides is 2. The maximum absolute atomic E-state index is 13.2. The van der Waals surface area contributed by atoms with Gasteiger partial charge >= 0.3 is 0 Å². The number of hydrogen-bond donors (Lipinski definition) is 4. The van der Waals surface area contributed by atoms with Crippen molar-refractivity contribution in [3.8, 4) is 5.75 Å². The van der Waals surface area contributed by atoms with Crippen LogP contribution in [-0.4, -0.2) is 74.3 Å². The van der Waals surface area contributed by atoms with Gasteiger partial charge in [-0.15, -0.1) is 5.75 Å². The summed E-state index contributed by atoms with van der Waals surface area (Å²) in [4.78, 5) is 41.5. The van der Waals surface area contributed by atoms with Crippen LogP contribution in [0.25, 0.3) is 11.6 Å². The molecule has 2 aliphatic rings. The molecule has 0 bridgehead atoms. The van der Waals surface area contributed by atoms with Gasteiger partial charge in [0.1, 0.15) is 0 Å². The molecule has 0 saturated carbocycles. The molecule has 1 aromatic heterocycles. The highest BCUT2D eigenvalue weighted by Crippen LogP contribution is 2.36. The minimum Gasteiger partial charge on any atom is -0.872 e. The van der Waals surface area contributed by atoms with Crippen molar-refractivity contribution in [1.82, 2.24) is 15.2 Å². The van der Waals surface area contributed by atoms with E-state index in [0.717, 1.165) is 37.8 Å². The number of hydrogen-bond acceptors (Lipinski definition) is 8. The summed E-state index contributed by atoms with van der Waals surface area (Å²) < 4.78 is 26.5. The lowest BCUT2D eigenvalue weighted by atomic mass is 10.0. The summed E-state index contributed by atoms with van der Waals surface area (Å²) in [7, 11) is -4.11. The Balaban J connectivity index is 0.000000780. The van der Waals surface area contributed by atoms with E-state index < -0.39 is 32.2 Å². The molecule has 258 valence electrons. The predicted octanol–water partition coefficient (Wildman–Crippen LogP) is 2.89. The monoisotopic (exact) mass is 680 g/mol. The number of non-ortho nitro benzene ring substituents is 1. The van der Waals surface area contributed by atoms with Crippen LogP contribution in [0.1, 0.15) is 71.5 Å². The number of aromatic amines is 1. The van der Waals surface area contributed by atoms with Crippen LogP contribution < -0.4 is 21.1 Å². The fraction of sp³-hybridized carbons (Fsp3) is 0.412. The van der Waals surface area contributed by atoms with E-state index in [0.29, 0.717) is 40.3 Å². The number of benzene rings is 2. The quantitative estimate of drug-likeness (QED) is 0.135. The molecule has 2 amide bonds. The van der Waals surface area contributed by atoms with Gasteiger partial charge in [0.15, 0.2) is 9.84 Å². The van der Waals surface area contributed by atoms with Gasteiger partial charge in [0.25, 0.3) is 17.5 Å². The van der Waals surface area contributed by atoms with Crippen molar-refractivity contribution in [2.45, 2.75) is 57.6 Å². The number of anilines is 1. The molecular formula is C34H44N6O7S. The summed E-state index contributed by atoms with van der Waals surface area (Å²) in [6.45, 7) is 13.4. The van der Waals surface area contributed by atoms with Crippen LogP contribution >= 0.6 is 0 Å². The summed E-state index contributed by atoms with van der Waals surface area (Å²) in [6.07, 6.45) is 5.93. The molecule has 1 fully saturated rings. The number of likely N-dealkylation sites (N-methyl/N-ethyl adjacent to an activating group) is 1. The van der Waals surface area contributed by atoms with Crippen LogP contribution in [0.2, 0.25) is 0 Å². The smallest absolute Gasteiger partial charge is 0.269 e. The first-order valence-corrected chi connectivity index (χ1v) is 17.9. The number of nitrogens with two attached hydrogens (primary N) is 1. The summed E-state index contributed by atoms with van der Waals surface area (Å²) in [5, 5.41) is 31.4. The topological polar surface area (TPSA) is 194 Å². The molecule has 5 N–H and O–H groups in total. The summed E-state index contributed by atoms with van der Waals surface area (Å²) in [5.74, 6) is -2.05. The molecule has 0 unspecified atom stereocenters. The van der Waals surface area contributed by atoms with Crippen molar-refractivity contribution in [2.75, 3.05) is 44.6 Å². The third kappa shape index (κ3) is 8.68. The molecule has 2 aliphatic heterocycles. The van der Waals surface area contributed by atoms with Gasteiger partial charge in [0.05, 0.1) is 39.8 Å². The number of H-pyrrole nitrogens is 1. The van der Waals surface area contributed by atoms with Crippen molar-refractivity contribution in [1.29, 1.82) is 0 Å². The molecule has 3 aromatic rings. The molecule has 48 heavy (non-hydrogen) atoms. The van der Waals surface area contributed by atoms with Crippen LogP contribution in [0.4, 0.5) is 11.4 Å². The highest BCUT2D eigenvalue weighted by molar-refractivity contribution is 7.90. The van der Waals surface area contributed by atoms with Gasteiger partial charge < -0.3 is 30.9 Å². The van der Waals surface area contributed by atoms with Crippen LogP contribution in [0.5, 0.6) is 5.75 Å². The number of fused-ring (bicyclic) bond motifs is 1. The molecule has 14 heteroatoms. The molecule has 3 heterocycles. The Labute approximate surface area is 280 Å². The number of nitrogens with zero attached hydrogens (tertiary/aromatic N) is 2. The van der Waals surface area contributed by atoms with Gasteiger partial charge in [0.2, 0.25) is 0 Å². The van der Waals surface area contributed by atoms with E-state index in [1.165, 1.54) is 50.6 Å². The second kappa shape index (κ2) is 16.0. The zero-order valence-electron chi connectivity index (χ0n) is 27.9. The maximum atomic E-state index is 13.2. The van der Waals surface area contributed by atoms with Gasteiger partial charge in [-0.25, -0.2) is 8.42 Å². The van der Waals surface area contributed by atoms with Gasteiger partial charge in [0, 0.05) is 47.9 Å². The molecule has 0 aliphatic carbocycles. The number of nitrogens with one attached hydrogen (secondary N) is 3. The van der Waals surface area contributed by atoms with E-state index >= 15 is 0 Å². The number of aromatic nitrogens is 1. The summed E-state index contributed by atoms with van der Waals surface area (Å²) in [5.41, 5.74) is 2.58. The SMILES string of the molecule is C1CC[NH2+]CC1.CCN(CC)CCNC(=O)c1c(C)[nH]c(/C=C2\C(=O)Nc3ccc(S(=O)(=O)Cc4cc([N+](=O)[O-])ccc4[O-])cc32)c1C. The lowest BCUT2D eigenvalue weighted by Gasteiger charge is -2.18. The largest absolute Gasteiger partial charge is 0.872 e. The van der Waals surface area contributed by atoms with Crippen LogP contribution in [0.3, 0.4) is 0 Å². The highest BCUT2D eigenvalue weighted by Gasteiger charge is 2.28. The second-order valence-electron chi connectivity index (χ2n) is 11.9. The summed E-state index contributed by atoms with van der Waals surface area (Å²) in [6, 6.07) is 7.04. The lowest BCUT2D eigenvalue weighted by molar-refractivity contribution is -0.662. The third-order valence-electron chi connectivity index (χ3n) is 8.65. The number of nitro groups is 1. The van der Waals surface area contributed by atoms with E-state index in [2.05, 4.69) is 39.7 Å². The average molecular weight is 681 g/mol. The number of sulfone groups is 1. The Hall–Kier alpha value is -4.53. The third-order valence-corrected chi connectivity index (χ3v) is 10.3. The number of carbonyl (C=O) groups is 2. The Morgan fingerprint density at radius 1 is 1.08 bits per heavy atom. The van der Waals surface area contributed by atoms with E-state index in [-0.39, 0.29) is 27.6 Å². The zero-order valence-corrected chi connectivity index (χ0v) is 28.7. The predicted molar refractivity (Wildman–Crippen MR) is 182 cm³/mol. The molecule has 2 aromatic carbocycles. The van der Waals surface area contributed by atoms with E-state index in [4.69, 9.17) is 0 Å². The summed E-state index contributed by atoms with van der Waals surface area (Å²) >= 11 is 0. The van der Waals surface area contributed by atoms with Gasteiger partial charge in [-0.2, -0.15) is 0 Å². The lowest BCUT2D eigenvalue weighted by Crippen LogP contribution is -2.85. The highest BCUT2D eigenvalue weighted by atomic mass is 32.2. The van der Waals surface area contributed by atoms with E-state index in [1.54, 1.807) is 19.9 Å². The minimum atomic E-state index is -4.11. The maximum Gasteiger partial charge on any atom is 0.269 e. The van der Waals surface area contributed by atoms with Crippen molar-refractivity contribution < 1.29 is 33.4 Å². The normalized spacial score (nSPS) is 15.1. The fourth-order valence-electron chi connectivity index (χ4n) is 5.84. The molecule has 5 rings (SSSR count). The first-order chi connectivity index (χ1) is 22.9. The Bertz CT molecular complexity index is 1800. The Kier molecular flexibility index (Phi) is 12.1. The van der Waals surface area contributed by atoms with Crippen molar-refractivity contribution in [3.63, 3.8) is 0 Å². The van der Waals surface area contributed by atoms with Crippen LogP contribution in [-0.2, 0) is 20.4 Å². The van der Waals surface area contributed by atoms with Gasteiger partial charge in [-0.3, -0.25) is 19.7 Å². The van der Waals surface area contributed by atoms with Crippen LogP contribution in [0.15, 0.2) is 41.3 Å². The minimum absolute atomic E-state index is 0.151. The Morgan fingerprint density at radius 3 is 2.40 bits per heavy atom. The van der Waals surface area contributed by atoms with Crippen LogP contribution in [0, 0.1) is 24.0 Å². The molecule has 1 saturated heterocycles. The number of rotatable bonds is 11. The van der Waals surface area contributed by atoms with E-state index in [1.807, 2.05) is 0 Å². The Morgan fingerprint density at radius 2 is 1.79 bits per heavy atom. The second-order valence-corrected chi connectivity index (χ2v) is 13.9. The van der Waals surface area contributed by atoms with E-state index in [9.17, 15) is 33.2 Å². The van der Waals surface area contributed by atoms with Crippen molar-refractivity contribution in [2.24, 2.45) is 0 Å². The standard InChI is InChI=1S/C29H33N5O7S.C5H11N/c1-5-33(6-2)12-11-30-29(37)27-17(3)25(31-18(27)4)15-23-22-14-21(8-9-24(22)32-28(23)36)42(40,41)16-19-13-20(34(38)39)7-10-26(19)35;1-2-4-6-5-3-1/h7-10,13-15,31,35H,5-6,11-12,16H2,1-4H3,(H,30,37)(H,32,36);6H,1-5H2/b23-15-;. The molecular weight excluding hydrogens is 636 g/mol. The van der Waals surface area contributed by atoms with Gasteiger partial charge in [-0.1, -0.05) is 19.9 Å². The number of piperidine rings is 1. The molecule has 13 nitrogen and oxygen atoms in total. The average Bonchev–Trinajstić information content (AvgIpc) is 3.53. The number of nitro benzene ring substituents is 1. The fourth-order valence-corrected chi connectivity index (χ4v) is 7.22. The van der Waals surface area contributed by atoms with Gasteiger partial charge in [-0.05, 0) is 81.6 Å². The van der Waals surface area contributed by atoms with Crippen molar-refractivity contribution >= 4 is 44.7 Å². The number of aryl methyl sites for hydroxylation is 1. The molecule has 0 atom stereocenters. The first-order valence-electron chi connectivity index (χ1n) is 16.2.